The van der Waals surface area contributed by atoms with E-state index < -0.39 is 0 Å². The van der Waals surface area contributed by atoms with Crippen LogP contribution in [-0.2, 0) is 4.79 Å². The van der Waals surface area contributed by atoms with E-state index in [2.05, 4.69) is 24.8 Å². The second-order valence-electron chi connectivity index (χ2n) is 4.84. The van der Waals surface area contributed by atoms with E-state index in [0.717, 1.165) is 5.69 Å². The minimum Gasteiger partial charge on any atom is -0.309 e. The van der Waals surface area contributed by atoms with Crippen molar-refractivity contribution in [2.75, 3.05) is 11.4 Å². The van der Waals surface area contributed by atoms with Crippen molar-refractivity contribution in [1.29, 1.82) is 0 Å². The summed E-state index contributed by atoms with van der Waals surface area (Å²) in [6.07, 6.45) is 7.59. The molecule has 1 aliphatic rings. The number of amides is 1. The van der Waals surface area contributed by atoms with Crippen molar-refractivity contribution in [1.82, 2.24) is 4.98 Å². The predicted octanol–water partition coefficient (Wildman–Crippen LogP) is 1.83. The fraction of sp³-hybridized carbons (Fsp3) is 0.385. The van der Waals surface area contributed by atoms with Gasteiger partial charge in [-0.1, -0.05) is 13.8 Å². The van der Waals surface area contributed by atoms with Crippen LogP contribution in [0.2, 0.25) is 0 Å². The summed E-state index contributed by atoms with van der Waals surface area (Å²) in [4.78, 5) is 17.7. The Hall–Kier alpha value is -1.82. The highest BCUT2D eigenvalue weighted by Crippen LogP contribution is 2.34. The average Bonchev–Trinajstić information content (AvgIpc) is 2.52. The summed E-state index contributed by atoms with van der Waals surface area (Å²) < 4.78 is 0. The maximum absolute atomic E-state index is 11.9. The zero-order valence-electron chi connectivity index (χ0n) is 9.53. The van der Waals surface area contributed by atoms with Crippen molar-refractivity contribution in [3.05, 3.63) is 24.0 Å². The topological polar surface area (TPSA) is 33.2 Å². The molecular formula is C13H14N2O. The zero-order chi connectivity index (χ0) is 11.8. The Balaban J connectivity index is 2.40. The van der Waals surface area contributed by atoms with Crippen molar-refractivity contribution in [2.45, 2.75) is 20.3 Å². The van der Waals surface area contributed by atoms with Crippen LogP contribution < -0.4 is 4.90 Å². The zero-order valence-corrected chi connectivity index (χ0v) is 9.53. The Kier molecular flexibility index (Phi) is 2.43. The van der Waals surface area contributed by atoms with Gasteiger partial charge in [0.05, 0.1) is 5.69 Å². The molecule has 2 heterocycles. The van der Waals surface area contributed by atoms with Gasteiger partial charge in [0.1, 0.15) is 5.69 Å². The molecule has 0 spiro atoms. The van der Waals surface area contributed by atoms with Crippen LogP contribution in [0, 0.1) is 17.8 Å². The van der Waals surface area contributed by atoms with Crippen molar-refractivity contribution < 1.29 is 4.79 Å². The molecule has 0 aromatic carbocycles. The summed E-state index contributed by atoms with van der Waals surface area (Å²) in [7, 11) is 0. The van der Waals surface area contributed by atoms with Crippen LogP contribution in [0.3, 0.4) is 0 Å². The Labute approximate surface area is 95.5 Å². The van der Waals surface area contributed by atoms with E-state index >= 15 is 0 Å². The first-order valence-corrected chi connectivity index (χ1v) is 5.25. The molecule has 0 aliphatic carbocycles. The van der Waals surface area contributed by atoms with Gasteiger partial charge >= 0.3 is 0 Å². The highest BCUT2D eigenvalue weighted by Gasteiger charge is 2.37. The third-order valence-corrected chi connectivity index (χ3v) is 2.73. The molecule has 0 bridgehead atoms. The molecule has 0 saturated carbocycles. The average molecular weight is 214 g/mol. The summed E-state index contributed by atoms with van der Waals surface area (Å²) in [5.74, 6) is 2.64. The molecule has 82 valence electrons. The van der Waals surface area contributed by atoms with Gasteiger partial charge in [-0.2, -0.15) is 0 Å². The summed E-state index contributed by atoms with van der Waals surface area (Å²) in [5.41, 5.74) is 1.30. The van der Waals surface area contributed by atoms with Crippen molar-refractivity contribution in [3.8, 4) is 12.3 Å². The van der Waals surface area contributed by atoms with E-state index in [4.69, 9.17) is 6.42 Å². The van der Waals surface area contributed by atoms with Gasteiger partial charge in [-0.25, -0.2) is 4.98 Å². The van der Waals surface area contributed by atoms with Gasteiger partial charge in [-0.15, -0.1) is 6.42 Å². The van der Waals surface area contributed by atoms with E-state index in [1.54, 1.807) is 17.2 Å². The number of terminal acetylenes is 1. The number of nitrogens with zero attached hydrogens (tertiary/aromatic N) is 2. The fourth-order valence-electron chi connectivity index (χ4n) is 2.02. The summed E-state index contributed by atoms with van der Waals surface area (Å²) in [6.45, 7) is 4.86. The lowest BCUT2D eigenvalue weighted by molar-refractivity contribution is -0.117. The maximum Gasteiger partial charge on any atom is 0.227 e. The minimum atomic E-state index is 0.0127. The number of carbonyl (C=O) groups is 1. The fourth-order valence-corrected chi connectivity index (χ4v) is 2.02. The van der Waals surface area contributed by atoms with Crippen molar-refractivity contribution >= 4 is 11.6 Å². The predicted molar refractivity (Wildman–Crippen MR) is 62.9 cm³/mol. The molecule has 16 heavy (non-hydrogen) atoms. The van der Waals surface area contributed by atoms with Gasteiger partial charge < -0.3 is 4.90 Å². The van der Waals surface area contributed by atoms with Gasteiger partial charge in [0, 0.05) is 19.2 Å². The number of carbonyl (C=O) groups excluding carboxylic acids is 1. The summed E-state index contributed by atoms with van der Waals surface area (Å²) >= 11 is 0. The van der Waals surface area contributed by atoms with Gasteiger partial charge in [-0.05, 0) is 23.5 Å². The van der Waals surface area contributed by atoms with Crippen LogP contribution in [0.5, 0.6) is 0 Å². The molecule has 1 aromatic heterocycles. The Morgan fingerprint density at radius 1 is 1.56 bits per heavy atom. The van der Waals surface area contributed by atoms with Gasteiger partial charge in [-0.3, -0.25) is 4.79 Å². The molecule has 0 unspecified atom stereocenters. The van der Waals surface area contributed by atoms with Crippen LogP contribution >= 0.6 is 0 Å². The van der Waals surface area contributed by atoms with Crippen molar-refractivity contribution in [2.24, 2.45) is 5.41 Å². The van der Waals surface area contributed by atoms with Crippen LogP contribution in [0.25, 0.3) is 0 Å². The van der Waals surface area contributed by atoms with E-state index in [-0.39, 0.29) is 11.3 Å². The number of hydrogen-bond donors (Lipinski definition) is 0. The molecule has 1 fully saturated rings. The summed E-state index contributed by atoms with van der Waals surface area (Å²) in [6, 6.07) is 3.65. The van der Waals surface area contributed by atoms with E-state index in [1.165, 1.54) is 0 Å². The smallest absolute Gasteiger partial charge is 0.227 e. The van der Waals surface area contributed by atoms with Crippen molar-refractivity contribution in [3.63, 3.8) is 0 Å². The highest BCUT2D eigenvalue weighted by atomic mass is 16.2. The largest absolute Gasteiger partial charge is 0.309 e. The lowest BCUT2D eigenvalue weighted by atomic mass is 9.93. The molecule has 1 aromatic rings. The number of pyridine rings is 1. The number of hydrogen-bond acceptors (Lipinski definition) is 2. The Bertz CT molecular complexity index is 471. The molecule has 3 heteroatoms. The molecule has 3 nitrogen and oxygen atoms in total. The summed E-state index contributed by atoms with van der Waals surface area (Å²) in [5, 5.41) is 0. The quantitative estimate of drug-likeness (QED) is 0.668. The highest BCUT2D eigenvalue weighted by molar-refractivity contribution is 5.97. The second kappa shape index (κ2) is 3.64. The van der Waals surface area contributed by atoms with Gasteiger partial charge in [0.25, 0.3) is 0 Å². The van der Waals surface area contributed by atoms with Gasteiger partial charge in [0.2, 0.25) is 5.91 Å². The lowest BCUT2D eigenvalue weighted by Crippen LogP contribution is -2.26. The third kappa shape index (κ3) is 1.79. The van der Waals surface area contributed by atoms with Crippen LogP contribution in [0.4, 0.5) is 5.69 Å². The molecule has 2 rings (SSSR count). The normalized spacial score (nSPS) is 18.6. The third-order valence-electron chi connectivity index (χ3n) is 2.73. The standard InChI is InChI=1S/C13H14N2O/c1-4-10-11(6-5-7-14-10)15-9-13(2,3)8-12(15)16/h1,5-7H,8-9H2,2-3H3. The van der Waals surface area contributed by atoms with Crippen LogP contribution in [-0.4, -0.2) is 17.4 Å². The molecular weight excluding hydrogens is 200 g/mol. The van der Waals surface area contributed by atoms with Crippen LogP contribution in [0.1, 0.15) is 26.0 Å². The molecule has 1 amide bonds. The first kappa shape index (κ1) is 10.7. The molecule has 0 N–H and O–H groups in total. The van der Waals surface area contributed by atoms with E-state index in [0.29, 0.717) is 18.7 Å². The number of aromatic nitrogens is 1. The molecule has 0 atom stereocenters. The van der Waals surface area contributed by atoms with Crippen LogP contribution in [0.15, 0.2) is 18.3 Å². The van der Waals surface area contributed by atoms with E-state index in [1.807, 2.05) is 6.07 Å². The maximum atomic E-state index is 11.9. The van der Waals surface area contributed by atoms with E-state index in [9.17, 15) is 4.79 Å². The first-order chi connectivity index (χ1) is 7.53. The second-order valence-corrected chi connectivity index (χ2v) is 4.84. The molecule has 0 radical (unpaired) electrons. The monoisotopic (exact) mass is 214 g/mol. The SMILES string of the molecule is C#Cc1ncccc1N1CC(C)(C)CC1=O. The first-order valence-electron chi connectivity index (χ1n) is 5.25. The lowest BCUT2D eigenvalue weighted by Gasteiger charge is -2.20. The number of rotatable bonds is 1. The molecule has 1 saturated heterocycles. The Morgan fingerprint density at radius 3 is 2.88 bits per heavy atom. The van der Waals surface area contributed by atoms with Gasteiger partial charge in [0.15, 0.2) is 0 Å². The number of anilines is 1. The Morgan fingerprint density at radius 2 is 2.31 bits per heavy atom. The minimum absolute atomic E-state index is 0.0127. The molecule has 1 aliphatic heterocycles.